The summed E-state index contributed by atoms with van der Waals surface area (Å²) >= 11 is 6.28. The van der Waals surface area contributed by atoms with E-state index in [9.17, 15) is 0 Å². The van der Waals surface area contributed by atoms with E-state index >= 15 is 0 Å². The van der Waals surface area contributed by atoms with Crippen LogP contribution in [0.25, 0.3) is 0 Å². The number of nitrogens with one attached hydrogen (secondary N) is 1. The summed E-state index contributed by atoms with van der Waals surface area (Å²) in [6.07, 6.45) is 3.53. The molecule has 0 aromatic heterocycles. The van der Waals surface area contributed by atoms with Gasteiger partial charge in [-0.2, -0.15) is 0 Å². The van der Waals surface area contributed by atoms with Gasteiger partial charge in [-0.1, -0.05) is 38.3 Å². The van der Waals surface area contributed by atoms with Crippen molar-refractivity contribution in [1.29, 1.82) is 0 Å². The number of methoxy groups -OCH3 is 2. The van der Waals surface area contributed by atoms with Crippen molar-refractivity contribution in [3.63, 3.8) is 0 Å². The van der Waals surface area contributed by atoms with Gasteiger partial charge in [-0.3, -0.25) is 0 Å². The molecule has 4 heteroatoms. The first-order valence-electron chi connectivity index (χ1n) is 7.15. The molecule has 0 bridgehead atoms. The fourth-order valence-electron chi connectivity index (χ4n) is 2.57. The van der Waals surface area contributed by atoms with Gasteiger partial charge in [-0.25, -0.2) is 0 Å². The Hall–Kier alpha value is -0.930. The quantitative estimate of drug-likeness (QED) is 0.769. The Morgan fingerprint density at radius 2 is 1.95 bits per heavy atom. The summed E-state index contributed by atoms with van der Waals surface area (Å²) in [5, 5.41) is 3.96. The maximum atomic E-state index is 6.28. The van der Waals surface area contributed by atoms with E-state index in [-0.39, 0.29) is 6.04 Å². The number of ether oxygens (including phenoxy) is 2. The van der Waals surface area contributed by atoms with Crippen LogP contribution < -0.4 is 14.8 Å². The Bertz CT molecular complexity index is 423. The van der Waals surface area contributed by atoms with E-state index in [1.165, 1.54) is 12.8 Å². The van der Waals surface area contributed by atoms with Gasteiger partial charge in [0.25, 0.3) is 0 Å². The van der Waals surface area contributed by atoms with E-state index in [0.717, 1.165) is 12.0 Å². The van der Waals surface area contributed by atoms with Gasteiger partial charge in [0.1, 0.15) is 0 Å². The third kappa shape index (κ3) is 4.29. The van der Waals surface area contributed by atoms with Crippen LogP contribution in [0.3, 0.4) is 0 Å². The minimum Gasteiger partial charge on any atom is -0.493 e. The second-order valence-corrected chi connectivity index (χ2v) is 5.62. The highest BCUT2D eigenvalue weighted by atomic mass is 35.5. The maximum absolute atomic E-state index is 6.28. The third-order valence-corrected chi connectivity index (χ3v) is 3.91. The molecule has 0 aliphatic carbocycles. The Kier molecular flexibility index (Phi) is 7.17. The molecule has 114 valence electrons. The highest BCUT2D eigenvalue weighted by Gasteiger charge is 2.18. The van der Waals surface area contributed by atoms with Crippen LogP contribution in [0.1, 0.15) is 44.7 Å². The van der Waals surface area contributed by atoms with Crippen molar-refractivity contribution < 1.29 is 9.47 Å². The summed E-state index contributed by atoms with van der Waals surface area (Å²) in [5.74, 6) is 1.94. The topological polar surface area (TPSA) is 30.5 Å². The lowest BCUT2D eigenvalue weighted by Gasteiger charge is -2.22. The fourth-order valence-corrected chi connectivity index (χ4v) is 2.87. The summed E-state index contributed by atoms with van der Waals surface area (Å²) < 4.78 is 10.6. The smallest absolute Gasteiger partial charge is 0.179 e. The number of halogens is 1. The molecular weight excluding hydrogens is 274 g/mol. The highest BCUT2D eigenvalue weighted by molar-refractivity contribution is 6.32. The average Bonchev–Trinajstić information content (AvgIpc) is 2.44. The first-order chi connectivity index (χ1) is 9.57. The fraction of sp³-hybridized carbons (Fsp3) is 0.625. The first kappa shape index (κ1) is 17.1. The summed E-state index contributed by atoms with van der Waals surface area (Å²) in [5.41, 5.74) is 1.14. The van der Waals surface area contributed by atoms with Gasteiger partial charge >= 0.3 is 0 Å². The van der Waals surface area contributed by atoms with Crippen molar-refractivity contribution in [3.05, 3.63) is 22.7 Å². The summed E-state index contributed by atoms with van der Waals surface area (Å²) in [6.45, 7) is 4.51. The number of benzene rings is 1. The van der Waals surface area contributed by atoms with E-state index in [4.69, 9.17) is 21.1 Å². The zero-order valence-electron chi connectivity index (χ0n) is 13.1. The van der Waals surface area contributed by atoms with Crippen LogP contribution in [0.5, 0.6) is 11.5 Å². The molecule has 0 aliphatic rings. The molecule has 20 heavy (non-hydrogen) atoms. The van der Waals surface area contributed by atoms with Crippen LogP contribution in [-0.4, -0.2) is 21.3 Å². The van der Waals surface area contributed by atoms with Crippen LogP contribution in [0.15, 0.2) is 12.1 Å². The molecule has 1 aromatic carbocycles. The molecule has 1 aromatic rings. The molecule has 1 N–H and O–H groups in total. The average molecular weight is 300 g/mol. The van der Waals surface area contributed by atoms with Gasteiger partial charge < -0.3 is 14.8 Å². The Morgan fingerprint density at radius 1 is 1.25 bits per heavy atom. The highest BCUT2D eigenvalue weighted by Crippen LogP contribution is 2.38. The van der Waals surface area contributed by atoms with Crippen molar-refractivity contribution in [2.75, 3.05) is 21.3 Å². The molecule has 2 unspecified atom stereocenters. The summed E-state index contributed by atoms with van der Waals surface area (Å²) in [7, 11) is 5.21. The van der Waals surface area contributed by atoms with E-state index in [2.05, 4.69) is 19.2 Å². The molecule has 2 atom stereocenters. The van der Waals surface area contributed by atoms with Crippen LogP contribution in [0.2, 0.25) is 5.02 Å². The van der Waals surface area contributed by atoms with Crippen LogP contribution >= 0.6 is 11.6 Å². The molecule has 3 nitrogen and oxygen atoms in total. The standard InChI is InChI=1S/C16H26ClNO2/c1-6-7-11(2)8-14(18-3)12-9-13(17)16(20-5)15(10-12)19-4/h9-11,14,18H,6-8H2,1-5H3. The molecule has 0 amide bonds. The van der Waals surface area contributed by atoms with Gasteiger partial charge in [-0.05, 0) is 37.1 Å². The van der Waals surface area contributed by atoms with Gasteiger partial charge in [0, 0.05) is 6.04 Å². The van der Waals surface area contributed by atoms with Gasteiger partial charge in [0.15, 0.2) is 11.5 Å². The molecule has 0 heterocycles. The van der Waals surface area contributed by atoms with Crippen molar-refractivity contribution in [2.24, 2.45) is 5.92 Å². The zero-order valence-corrected chi connectivity index (χ0v) is 13.9. The Labute approximate surface area is 127 Å². The Balaban J connectivity index is 3.00. The molecule has 0 radical (unpaired) electrons. The molecule has 0 aliphatic heterocycles. The maximum Gasteiger partial charge on any atom is 0.179 e. The lowest BCUT2D eigenvalue weighted by molar-refractivity contribution is 0.352. The second kappa shape index (κ2) is 8.38. The second-order valence-electron chi connectivity index (χ2n) is 5.21. The molecule has 0 fully saturated rings. The Morgan fingerprint density at radius 3 is 2.45 bits per heavy atom. The largest absolute Gasteiger partial charge is 0.493 e. The summed E-state index contributed by atoms with van der Waals surface area (Å²) in [4.78, 5) is 0. The van der Waals surface area contributed by atoms with Gasteiger partial charge in [0.05, 0.1) is 19.2 Å². The van der Waals surface area contributed by atoms with Crippen molar-refractivity contribution in [2.45, 2.75) is 39.2 Å². The van der Waals surface area contributed by atoms with Gasteiger partial charge in [0.2, 0.25) is 0 Å². The first-order valence-corrected chi connectivity index (χ1v) is 7.53. The van der Waals surface area contributed by atoms with E-state index < -0.39 is 0 Å². The predicted octanol–water partition coefficient (Wildman–Crippen LogP) is 4.44. The lowest BCUT2D eigenvalue weighted by atomic mass is 9.93. The van der Waals surface area contributed by atoms with Crippen LogP contribution in [0.4, 0.5) is 0 Å². The molecule has 0 spiro atoms. The van der Waals surface area contributed by atoms with Crippen LogP contribution in [-0.2, 0) is 0 Å². The molecule has 0 saturated carbocycles. The monoisotopic (exact) mass is 299 g/mol. The van der Waals surface area contributed by atoms with E-state index in [1.54, 1.807) is 14.2 Å². The summed E-state index contributed by atoms with van der Waals surface area (Å²) in [6, 6.07) is 4.24. The van der Waals surface area contributed by atoms with Crippen molar-refractivity contribution in [1.82, 2.24) is 5.32 Å². The van der Waals surface area contributed by atoms with E-state index in [0.29, 0.717) is 22.4 Å². The van der Waals surface area contributed by atoms with Crippen molar-refractivity contribution in [3.8, 4) is 11.5 Å². The van der Waals surface area contributed by atoms with Crippen molar-refractivity contribution >= 4 is 11.6 Å². The van der Waals surface area contributed by atoms with Crippen LogP contribution in [0, 0.1) is 5.92 Å². The zero-order chi connectivity index (χ0) is 15.1. The molecular formula is C16H26ClNO2. The normalized spacial score (nSPS) is 13.9. The van der Waals surface area contributed by atoms with Gasteiger partial charge in [-0.15, -0.1) is 0 Å². The third-order valence-electron chi connectivity index (χ3n) is 3.63. The minimum absolute atomic E-state index is 0.272. The molecule has 0 saturated heterocycles. The van der Waals surface area contributed by atoms with E-state index in [1.807, 2.05) is 19.2 Å². The number of hydrogen-bond donors (Lipinski definition) is 1. The molecule has 1 rings (SSSR count). The predicted molar refractivity (Wildman–Crippen MR) is 85.0 cm³/mol. The SMILES string of the molecule is CCCC(C)CC(NC)c1cc(Cl)c(OC)c(OC)c1. The minimum atomic E-state index is 0.272. The lowest BCUT2D eigenvalue weighted by Crippen LogP contribution is -2.19. The number of hydrogen-bond acceptors (Lipinski definition) is 3. The number of rotatable bonds is 8.